The Morgan fingerprint density at radius 3 is 2.33 bits per heavy atom. The maximum atomic E-state index is 13.9. The summed E-state index contributed by atoms with van der Waals surface area (Å²) in [6, 6.07) is 12.5. The molecule has 0 aliphatic carbocycles. The quantitative estimate of drug-likeness (QED) is 0.104. The molecule has 3 amide bonds. The van der Waals surface area contributed by atoms with Gasteiger partial charge in [-0.05, 0) is 87.6 Å². The molecule has 0 saturated carbocycles. The maximum Gasteiger partial charge on any atom is 0.347 e. The molecule has 0 radical (unpaired) electrons. The van der Waals surface area contributed by atoms with E-state index in [2.05, 4.69) is 59.9 Å². The van der Waals surface area contributed by atoms with E-state index >= 15 is 0 Å². The van der Waals surface area contributed by atoms with E-state index in [1.807, 2.05) is 36.5 Å². The molecule has 0 bridgehead atoms. The van der Waals surface area contributed by atoms with E-state index < -0.39 is 47.4 Å². The van der Waals surface area contributed by atoms with E-state index in [9.17, 15) is 24.0 Å². The molecule has 3 aliphatic rings. The zero-order chi connectivity index (χ0) is 46.8. The van der Waals surface area contributed by atoms with E-state index in [0.29, 0.717) is 22.8 Å². The van der Waals surface area contributed by atoms with Crippen LogP contribution in [0.5, 0.6) is 5.75 Å². The lowest BCUT2D eigenvalue weighted by Gasteiger charge is -2.35. The lowest BCUT2D eigenvalue weighted by molar-refractivity contribution is -0.179. The van der Waals surface area contributed by atoms with Crippen LogP contribution in [0.3, 0.4) is 0 Å². The Hall–Kier alpha value is -3.76. The van der Waals surface area contributed by atoms with Gasteiger partial charge in [-0.15, -0.1) is 0 Å². The van der Waals surface area contributed by atoms with Gasteiger partial charge in [0.2, 0.25) is 17.7 Å². The summed E-state index contributed by atoms with van der Waals surface area (Å²) < 4.78 is 23.6. The fourth-order valence-corrected chi connectivity index (χ4v) is 10.4. The number of benzene rings is 2. The van der Waals surface area contributed by atoms with Crippen LogP contribution in [0.1, 0.15) is 96.9 Å². The SMILES string of the molecule is COc1ccc(C[C@H]2NC(=O)/C=C\C[C@@H]([C@H](C)[C@H]3O[C@@H]3c3ccc(CN4CCN(C(=O)CCC(C)(C)SSC)CC4)cc3)OC(=O)[C@H](CC(C)C)OC(=O)C(C)(C)CNC2=O)cc1Cl. The molecule has 0 spiro atoms. The molecule has 5 rings (SSSR count). The third-order valence-corrected chi connectivity index (χ3v) is 14.9. The number of carbonyl (C=O) groups excluding carboxylic acids is 5. The highest BCUT2D eigenvalue weighted by Gasteiger charge is 2.48. The molecule has 16 heteroatoms. The van der Waals surface area contributed by atoms with Crippen molar-refractivity contribution in [1.82, 2.24) is 20.4 Å². The number of ether oxygens (including phenoxy) is 4. The number of rotatable bonds is 15. The summed E-state index contributed by atoms with van der Waals surface area (Å²) in [5.41, 5.74) is 1.63. The first-order valence-corrected chi connectivity index (χ1v) is 25.2. The Kier molecular flexibility index (Phi) is 18.5. The predicted octanol–water partition coefficient (Wildman–Crippen LogP) is 7.34. The Labute approximate surface area is 392 Å². The van der Waals surface area contributed by atoms with Gasteiger partial charge in [0, 0.05) is 69.2 Å². The van der Waals surface area contributed by atoms with E-state index in [4.69, 9.17) is 30.5 Å². The first kappa shape index (κ1) is 51.2. The van der Waals surface area contributed by atoms with Gasteiger partial charge in [-0.1, -0.05) is 90.4 Å². The highest BCUT2D eigenvalue weighted by Crippen LogP contribution is 2.45. The number of nitrogens with one attached hydrogen (secondary N) is 2. The summed E-state index contributed by atoms with van der Waals surface area (Å²) in [6.07, 6.45) is 4.56. The topological polar surface area (TPSA) is 156 Å². The Morgan fingerprint density at radius 2 is 1.69 bits per heavy atom. The van der Waals surface area contributed by atoms with Crippen molar-refractivity contribution in [2.24, 2.45) is 17.3 Å². The number of cyclic esters (lactones) is 2. The van der Waals surface area contributed by atoms with Gasteiger partial charge >= 0.3 is 11.9 Å². The van der Waals surface area contributed by atoms with Gasteiger partial charge in [0.1, 0.15) is 24.0 Å². The number of hydrogen-bond donors (Lipinski definition) is 2. The minimum absolute atomic E-state index is 0.00463. The number of piperazine rings is 1. The van der Waals surface area contributed by atoms with Crippen molar-refractivity contribution in [3.8, 4) is 5.75 Å². The van der Waals surface area contributed by atoms with Gasteiger partial charge in [-0.3, -0.25) is 24.1 Å². The number of esters is 2. The fraction of sp³-hybridized carbons (Fsp3) is 0.604. The van der Waals surface area contributed by atoms with Crippen LogP contribution >= 0.6 is 33.2 Å². The molecule has 3 heterocycles. The summed E-state index contributed by atoms with van der Waals surface area (Å²) in [5.74, 6) is -1.97. The van der Waals surface area contributed by atoms with E-state index in [0.717, 1.165) is 44.7 Å². The van der Waals surface area contributed by atoms with Crippen molar-refractivity contribution < 1.29 is 42.9 Å². The molecule has 2 aromatic rings. The van der Waals surface area contributed by atoms with Crippen molar-refractivity contribution in [3.05, 3.63) is 76.3 Å². The summed E-state index contributed by atoms with van der Waals surface area (Å²) in [4.78, 5) is 71.8. The number of epoxide rings is 1. The molecule has 0 unspecified atom stereocenters. The standard InChI is InChI=1S/C48H67ClN4O9S2/c1-30(2)25-39-45(57)60-37(11-10-12-40(54)51-36(27-33-15-18-38(59-8)35(49)26-33)44(56)50-29-47(4,5)46(58)61-39)31(3)42-43(62-42)34-16-13-32(14-17-34)28-52-21-23-53(24-22-52)41(55)19-20-48(6,7)64-63-9/h10,12-18,26,30-31,36-37,39,42-43H,11,19-25,27-29H2,1-9H3,(H,50,56)(H,51,54)/b12-10-/t31-,36+,37-,39-,42+,43+/m0/s1. The number of halogens is 1. The summed E-state index contributed by atoms with van der Waals surface area (Å²) in [5, 5.41) is 5.95. The van der Waals surface area contributed by atoms with Gasteiger partial charge < -0.3 is 34.5 Å². The van der Waals surface area contributed by atoms with E-state index in [1.54, 1.807) is 48.9 Å². The van der Waals surface area contributed by atoms with Crippen molar-refractivity contribution >= 4 is 62.8 Å². The highest BCUT2D eigenvalue weighted by atomic mass is 35.5. The van der Waals surface area contributed by atoms with Crippen molar-refractivity contribution in [2.45, 2.75) is 122 Å². The third kappa shape index (κ3) is 14.9. The van der Waals surface area contributed by atoms with Crippen molar-refractivity contribution in [2.75, 3.05) is 46.1 Å². The van der Waals surface area contributed by atoms with Crippen LogP contribution in [0.25, 0.3) is 0 Å². The molecule has 0 aromatic heterocycles. The van der Waals surface area contributed by atoms with E-state index in [1.165, 1.54) is 18.7 Å². The number of amides is 3. The third-order valence-electron chi connectivity index (χ3n) is 12.0. The normalized spacial score (nSPS) is 24.9. The largest absolute Gasteiger partial charge is 0.495 e. The van der Waals surface area contributed by atoms with Crippen molar-refractivity contribution in [1.29, 1.82) is 0 Å². The number of methoxy groups -OCH3 is 1. The lowest BCUT2D eigenvalue weighted by Crippen LogP contribution is -2.51. The number of carbonyl (C=O) groups is 5. The van der Waals surface area contributed by atoms with Crippen LogP contribution in [0, 0.1) is 17.3 Å². The monoisotopic (exact) mass is 942 g/mol. The second-order valence-electron chi connectivity index (χ2n) is 18.8. The number of hydrogen-bond acceptors (Lipinski definition) is 12. The lowest BCUT2D eigenvalue weighted by atomic mass is 9.92. The van der Waals surface area contributed by atoms with Gasteiger partial charge in [0.15, 0.2) is 6.10 Å². The van der Waals surface area contributed by atoms with Crippen LogP contribution in [0.15, 0.2) is 54.6 Å². The van der Waals surface area contributed by atoms with Crippen molar-refractivity contribution in [3.63, 3.8) is 0 Å². The van der Waals surface area contributed by atoms with Crippen LogP contribution in [0.4, 0.5) is 0 Å². The fourth-order valence-electron chi connectivity index (χ4n) is 7.88. The summed E-state index contributed by atoms with van der Waals surface area (Å²) in [7, 11) is 5.06. The Morgan fingerprint density at radius 1 is 1.00 bits per heavy atom. The minimum Gasteiger partial charge on any atom is -0.495 e. The molecule has 2 N–H and O–H groups in total. The highest BCUT2D eigenvalue weighted by molar-refractivity contribution is 8.76. The smallest absolute Gasteiger partial charge is 0.347 e. The van der Waals surface area contributed by atoms with Crippen LogP contribution < -0.4 is 15.4 Å². The van der Waals surface area contributed by atoms with Gasteiger partial charge in [-0.2, -0.15) is 0 Å². The Balaban J connectivity index is 1.25. The second-order valence-corrected chi connectivity index (χ2v) is 22.3. The molecule has 64 heavy (non-hydrogen) atoms. The predicted molar refractivity (Wildman–Crippen MR) is 253 cm³/mol. The average Bonchev–Trinajstić information content (AvgIpc) is 4.05. The molecular formula is C48H67ClN4O9S2. The summed E-state index contributed by atoms with van der Waals surface area (Å²) >= 11 is 6.38. The summed E-state index contributed by atoms with van der Waals surface area (Å²) in [6.45, 7) is 17.2. The number of nitrogens with zero attached hydrogens (tertiary/aromatic N) is 2. The zero-order valence-electron chi connectivity index (χ0n) is 38.8. The molecule has 3 aliphatic heterocycles. The minimum atomic E-state index is -1.23. The van der Waals surface area contributed by atoms with Crippen LogP contribution in [-0.4, -0.2) is 115 Å². The Bertz CT molecular complexity index is 1970. The van der Waals surface area contributed by atoms with Crippen LogP contribution in [-0.2, 0) is 51.1 Å². The molecular weight excluding hydrogens is 876 g/mol. The van der Waals surface area contributed by atoms with Gasteiger partial charge in [0.25, 0.3) is 0 Å². The second kappa shape index (κ2) is 23.1. The first-order valence-electron chi connectivity index (χ1n) is 22.2. The maximum absolute atomic E-state index is 13.9. The average molecular weight is 944 g/mol. The van der Waals surface area contributed by atoms with E-state index in [-0.39, 0.29) is 60.5 Å². The molecule has 2 aromatic carbocycles. The molecule has 13 nitrogen and oxygen atoms in total. The molecule has 6 atom stereocenters. The van der Waals surface area contributed by atoms with Gasteiger partial charge in [0.05, 0.1) is 23.7 Å². The molecule has 2 saturated heterocycles. The molecule has 2 fully saturated rings. The molecule has 352 valence electrons. The zero-order valence-corrected chi connectivity index (χ0v) is 41.2. The first-order chi connectivity index (χ1) is 30.3. The van der Waals surface area contributed by atoms with Crippen LogP contribution in [0.2, 0.25) is 5.02 Å². The van der Waals surface area contributed by atoms with Gasteiger partial charge in [-0.25, -0.2) is 4.79 Å².